The average Bonchev–Trinajstić information content (AvgIpc) is 2.31. The number of carbonyl (C=O) groups is 1. The highest BCUT2D eigenvalue weighted by Crippen LogP contribution is 2.40. The molecule has 1 amide bonds. The van der Waals surface area contributed by atoms with Crippen molar-refractivity contribution in [2.75, 3.05) is 0 Å². The van der Waals surface area contributed by atoms with Gasteiger partial charge in [-0.15, -0.1) is 0 Å². The van der Waals surface area contributed by atoms with E-state index >= 15 is 0 Å². The molecule has 0 atom stereocenters. The molecule has 1 aliphatic rings. The number of phenols is 1. The fraction of sp³-hybridized carbons (Fsp3) is 0. The Balaban J connectivity index is 2.57. The minimum absolute atomic E-state index is 0.0702. The van der Waals surface area contributed by atoms with Crippen LogP contribution in [0.2, 0.25) is 0 Å². The van der Waals surface area contributed by atoms with Crippen molar-refractivity contribution in [2.24, 2.45) is 0 Å². The van der Waals surface area contributed by atoms with Crippen LogP contribution in [0.25, 0.3) is 0 Å². The summed E-state index contributed by atoms with van der Waals surface area (Å²) in [5, 5.41) is 12.6. The van der Waals surface area contributed by atoms with Crippen LogP contribution in [-0.4, -0.2) is 10.3 Å². The molecular formula is C7H4NO2S. The van der Waals surface area contributed by atoms with Crippen molar-refractivity contribution in [2.45, 2.75) is 4.90 Å². The summed E-state index contributed by atoms with van der Waals surface area (Å²) in [7, 11) is 0. The second-order valence-corrected chi connectivity index (χ2v) is 3.10. The van der Waals surface area contributed by atoms with E-state index in [1.807, 2.05) is 0 Å². The molecule has 0 fully saturated rings. The molecule has 0 bridgehead atoms. The van der Waals surface area contributed by atoms with Gasteiger partial charge < -0.3 is 5.11 Å². The smallest absolute Gasteiger partial charge is 0.310 e. The molecule has 1 heterocycles. The van der Waals surface area contributed by atoms with Crippen LogP contribution in [-0.2, 0) is 0 Å². The van der Waals surface area contributed by atoms with Crippen molar-refractivity contribution < 1.29 is 9.90 Å². The molecule has 0 saturated carbocycles. The first-order chi connectivity index (χ1) is 5.27. The van der Waals surface area contributed by atoms with Gasteiger partial charge in [0, 0.05) is 4.90 Å². The fourth-order valence-electron chi connectivity index (χ4n) is 0.914. The topological polar surface area (TPSA) is 51.4 Å². The molecule has 0 aliphatic carbocycles. The summed E-state index contributed by atoms with van der Waals surface area (Å²) in [4.78, 5) is 11.5. The van der Waals surface area contributed by atoms with Crippen molar-refractivity contribution in [3.8, 4) is 5.75 Å². The van der Waals surface area contributed by atoms with Gasteiger partial charge in [0.25, 0.3) is 0 Å². The van der Waals surface area contributed by atoms with Gasteiger partial charge >= 0.3 is 5.24 Å². The number of phenolic OH excluding ortho intramolecular Hbond substituents is 1. The summed E-state index contributed by atoms with van der Waals surface area (Å²) < 4.78 is 0. The van der Waals surface area contributed by atoms with Crippen LogP contribution >= 0.6 is 11.8 Å². The van der Waals surface area contributed by atoms with Gasteiger partial charge in [0.05, 0.1) is 0 Å². The summed E-state index contributed by atoms with van der Waals surface area (Å²) in [6.45, 7) is 0. The summed E-state index contributed by atoms with van der Waals surface area (Å²) in [5.41, 5.74) is 0.405. The van der Waals surface area contributed by atoms with Gasteiger partial charge in [-0.2, -0.15) is 5.32 Å². The number of aromatic hydroxyl groups is 1. The van der Waals surface area contributed by atoms with Crippen LogP contribution in [0.5, 0.6) is 5.75 Å². The number of thioether (sulfide) groups is 1. The number of benzene rings is 1. The lowest BCUT2D eigenvalue weighted by Crippen LogP contribution is -1.94. The quantitative estimate of drug-likeness (QED) is 0.639. The zero-order valence-corrected chi connectivity index (χ0v) is 6.26. The maximum Gasteiger partial charge on any atom is 0.310 e. The third-order valence-corrected chi connectivity index (χ3v) is 2.19. The monoisotopic (exact) mass is 166 g/mol. The van der Waals surface area contributed by atoms with Crippen molar-refractivity contribution in [1.29, 1.82) is 0 Å². The molecule has 0 aromatic heterocycles. The molecular weight excluding hydrogens is 162 g/mol. The minimum Gasteiger partial charge on any atom is -0.506 e. The molecule has 1 N–H and O–H groups in total. The number of hydrogen-bond acceptors (Lipinski definition) is 3. The van der Waals surface area contributed by atoms with Gasteiger partial charge in [0.2, 0.25) is 0 Å². The number of rotatable bonds is 0. The number of hydrogen-bond donors (Lipinski definition) is 1. The van der Waals surface area contributed by atoms with Crippen LogP contribution in [0.3, 0.4) is 0 Å². The second-order valence-electron chi connectivity index (χ2n) is 2.10. The number of para-hydroxylation sites is 1. The molecule has 4 heteroatoms. The molecule has 1 aliphatic heterocycles. The third-order valence-electron chi connectivity index (χ3n) is 1.38. The predicted octanol–water partition coefficient (Wildman–Crippen LogP) is 1.85. The first-order valence-electron chi connectivity index (χ1n) is 3.03. The highest BCUT2D eigenvalue weighted by molar-refractivity contribution is 8.14. The van der Waals surface area contributed by atoms with E-state index in [0.29, 0.717) is 5.69 Å². The largest absolute Gasteiger partial charge is 0.506 e. The van der Waals surface area contributed by atoms with Crippen LogP contribution in [0.15, 0.2) is 23.1 Å². The zero-order chi connectivity index (χ0) is 7.84. The molecule has 0 spiro atoms. The number of fused-ring (bicyclic) bond motifs is 1. The molecule has 11 heavy (non-hydrogen) atoms. The Hall–Kier alpha value is -1.16. The Labute approximate surface area is 67.4 Å². The normalized spacial score (nSPS) is 14.4. The molecule has 1 aromatic rings. The Kier molecular flexibility index (Phi) is 1.29. The second kappa shape index (κ2) is 2.17. The lowest BCUT2D eigenvalue weighted by atomic mass is 10.3. The first kappa shape index (κ1) is 6.54. The van der Waals surface area contributed by atoms with Crippen LogP contribution in [0.4, 0.5) is 10.5 Å². The molecule has 3 nitrogen and oxygen atoms in total. The van der Waals surface area contributed by atoms with Crippen molar-refractivity contribution in [1.82, 2.24) is 5.32 Å². The molecule has 0 saturated heterocycles. The fourth-order valence-corrected chi connectivity index (χ4v) is 1.63. The van der Waals surface area contributed by atoms with Crippen LogP contribution in [0.1, 0.15) is 0 Å². The summed E-state index contributed by atoms with van der Waals surface area (Å²) >= 11 is 1.04. The zero-order valence-electron chi connectivity index (χ0n) is 5.44. The molecule has 2 rings (SSSR count). The predicted molar refractivity (Wildman–Crippen MR) is 41.2 cm³/mol. The van der Waals surface area contributed by atoms with Gasteiger partial charge in [0.15, 0.2) is 0 Å². The van der Waals surface area contributed by atoms with E-state index < -0.39 is 0 Å². The minimum atomic E-state index is -0.262. The average molecular weight is 166 g/mol. The number of carbonyl (C=O) groups excluding carboxylic acids is 1. The summed E-state index contributed by atoms with van der Waals surface area (Å²) in [6.07, 6.45) is 0. The Morgan fingerprint density at radius 1 is 1.45 bits per heavy atom. The highest BCUT2D eigenvalue weighted by atomic mass is 32.2. The number of amides is 1. The SMILES string of the molecule is O=C1[N]c2c(O)cccc2S1. The summed E-state index contributed by atoms with van der Waals surface area (Å²) in [5.74, 6) is 0.0702. The van der Waals surface area contributed by atoms with E-state index in [2.05, 4.69) is 5.32 Å². The molecule has 1 aromatic carbocycles. The van der Waals surface area contributed by atoms with E-state index in [-0.39, 0.29) is 11.0 Å². The van der Waals surface area contributed by atoms with Gasteiger partial charge in [-0.1, -0.05) is 6.07 Å². The Morgan fingerprint density at radius 3 is 3.00 bits per heavy atom. The van der Waals surface area contributed by atoms with E-state index in [4.69, 9.17) is 0 Å². The van der Waals surface area contributed by atoms with E-state index in [1.165, 1.54) is 6.07 Å². The highest BCUT2D eigenvalue weighted by Gasteiger charge is 2.23. The molecule has 0 unspecified atom stereocenters. The first-order valence-corrected chi connectivity index (χ1v) is 3.84. The van der Waals surface area contributed by atoms with Gasteiger partial charge in [-0.05, 0) is 23.9 Å². The van der Waals surface area contributed by atoms with Crippen LogP contribution in [0, 0.1) is 0 Å². The third kappa shape index (κ3) is 0.952. The Morgan fingerprint density at radius 2 is 2.27 bits per heavy atom. The lowest BCUT2D eigenvalue weighted by molar-refractivity contribution is 0.263. The van der Waals surface area contributed by atoms with E-state index in [0.717, 1.165) is 16.7 Å². The Bertz CT molecular complexity index is 324. The van der Waals surface area contributed by atoms with Crippen molar-refractivity contribution in [3.63, 3.8) is 0 Å². The number of nitrogens with zero attached hydrogens (tertiary/aromatic N) is 1. The van der Waals surface area contributed by atoms with E-state index in [1.54, 1.807) is 12.1 Å². The van der Waals surface area contributed by atoms with Crippen LogP contribution < -0.4 is 5.32 Å². The molecule has 1 radical (unpaired) electrons. The maximum absolute atomic E-state index is 10.7. The van der Waals surface area contributed by atoms with Gasteiger partial charge in [-0.25, -0.2) is 0 Å². The maximum atomic E-state index is 10.7. The van der Waals surface area contributed by atoms with Crippen molar-refractivity contribution in [3.05, 3.63) is 18.2 Å². The summed E-state index contributed by atoms with van der Waals surface area (Å²) in [6, 6.07) is 4.96. The van der Waals surface area contributed by atoms with E-state index in [9.17, 15) is 9.90 Å². The molecule has 55 valence electrons. The van der Waals surface area contributed by atoms with Gasteiger partial charge in [-0.3, -0.25) is 4.79 Å². The van der Waals surface area contributed by atoms with Gasteiger partial charge in [0.1, 0.15) is 11.4 Å². The standard InChI is InChI=1S/C7H4NO2S/c9-4-2-1-3-5-6(4)8-7(10)11-5/h1-3,9H. The van der Waals surface area contributed by atoms with Crippen molar-refractivity contribution >= 4 is 22.7 Å². The lowest BCUT2D eigenvalue weighted by Gasteiger charge is -1.95.